The number of fused-ring (bicyclic) bond motifs is 2. The third-order valence-corrected chi connectivity index (χ3v) is 4.23. The highest BCUT2D eigenvalue weighted by Crippen LogP contribution is 2.41. The number of hydrogen-bond donors (Lipinski definition) is 1. The monoisotopic (exact) mass is 219 g/mol. The molecule has 1 N–H and O–H groups in total. The van der Waals surface area contributed by atoms with Crippen molar-refractivity contribution >= 4 is 6.29 Å². The second-order valence-electron chi connectivity index (χ2n) is 5.06. The van der Waals surface area contributed by atoms with E-state index in [2.05, 4.69) is 21.9 Å². The number of nitrogens with one attached hydrogen (secondary N) is 1. The number of hydrogen-bond acceptors (Lipinski definition) is 3. The number of aromatic nitrogens is 2. The molecule has 0 aliphatic carbocycles. The first-order chi connectivity index (χ1) is 7.78. The topological polar surface area (TPSA) is 49.0 Å². The van der Waals surface area contributed by atoms with E-state index in [4.69, 9.17) is 0 Å². The molecule has 2 unspecified atom stereocenters. The molecular formula is C12H17N3O. The molecule has 1 aromatic heterocycles. The first-order valence-corrected chi connectivity index (χ1v) is 6.00. The van der Waals surface area contributed by atoms with Crippen molar-refractivity contribution in [1.82, 2.24) is 14.9 Å². The average Bonchev–Trinajstić information content (AvgIpc) is 2.82. The second-order valence-corrected chi connectivity index (χ2v) is 5.06. The van der Waals surface area contributed by atoms with Crippen LogP contribution >= 0.6 is 0 Å². The van der Waals surface area contributed by atoms with Gasteiger partial charge in [0.2, 0.25) is 0 Å². The van der Waals surface area contributed by atoms with Crippen molar-refractivity contribution in [3.05, 3.63) is 17.7 Å². The number of piperidine rings is 1. The minimum Gasteiger partial charge on any atom is -0.340 e. The van der Waals surface area contributed by atoms with E-state index in [0.29, 0.717) is 23.7 Å². The fourth-order valence-corrected chi connectivity index (χ4v) is 3.25. The Morgan fingerprint density at radius 1 is 1.44 bits per heavy atom. The molecule has 1 aromatic rings. The number of carbonyl (C=O) groups excluding carboxylic acids is 1. The molecule has 0 amide bonds. The largest absolute Gasteiger partial charge is 0.340 e. The molecule has 2 atom stereocenters. The number of imidazole rings is 1. The summed E-state index contributed by atoms with van der Waals surface area (Å²) >= 11 is 0. The van der Waals surface area contributed by atoms with Gasteiger partial charge in [-0.15, -0.1) is 0 Å². The molecule has 3 heterocycles. The van der Waals surface area contributed by atoms with E-state index in [1.165, 1.54) is 25.7 Å². The van der Waals surface area contributed by atoms with E-state index in [1.807, 2.05) is 0 Å². The van der Waals surface area contributed by atoms with E-state index >= 15 is 0 Å². The maximum Gasteiger partial charge on any atom is 0.167 e. The summed E-state index contributed by atoms with van der Waals surface area (Å²) in [6.45, 7) is 0. The minimum absolute atomic E-state index is 0.516. The van der Waals surface area contributed by atoms with E-state index in [9.17, 15) is 4.79 Å². The van der Waals surface area contributed by atoms with Gasteiger partial charge in [0, 0.05) is 18.0 Å². The van der Waals surface area contributed by atoms with Gasteiger partial charge in [0.15, 0.2) is 6.29 Å². The summed E-state index contributed by atoms with van der Waals surface area (Å²) in [5.74, 6) is 1.52. The van der Waals surface area contributed by atoms with Gasteiger partial charge in [-0.05, 0) is 32.7 Å². The van der Waals surface area contributed by atoms with Crippen molar-refractivity contribution < 1.29 is 4.79 Å². The number of carbonyl (C=O) groups is 1. The van der Waals surface area contributed by atoms with Crippen LogP contribution in [0.1, 0.15) is 47.9 Å². The number of H-pyrrole nitrogens is 1. The van der Waals surface area contributed by atoms with Crippen LogP contribution in [-0.2, 0) is 0 Å². The molecule has 2 aliphatic heterocycles. The zero-order chi connectivity index (χ0) is 11.1. The molecule has 0 saturated carbocycles. The van der Waals surface area contributed by atoms with E-state index < -0.39 is 0 Å². The van der Waals surface area contributed by atoms with Crippen LogP contribution in [0, 0.1) is 0 Å². The van der Waals surface area contributed by atoms with Crippen LogP contribution in [0.15, 0.2) is 6.20 Å². The Morgan fingerprint density at radius 3 is 2.69 bits per heavy atom. The second kappa shape index (κ2) is 3.70. The molecule has 2 aliphatic rings. The highest BCUT2D eigenvalue weighted by atomic mass is 16.1. The normalized spacial score (nSPS) is 34.2. The summed E-state index contributed by atoms with van der Waals surface area (Å²) in [7, 11) is 2.23. The Balaban J connectivity index is 1.79. The summed E-state index contributed by atoms with van der Waals surface area (Å²) in [6.07, 6.45) is 7.47. The van der Waals surface area contributed by atoms with Crippen LogP contribution in [0.5, 0.6) is 0 Å². The summed E-state index contributed by atoms with van der Waals surface area (Å²) in [5, 5.41) is 0. The molecule has 0 radical (unpaired) electrons. The molecule has 4 heteroatoms. The predicted molar refractivity (Wildman–Crippen MR) is 60.5 cm³/mol. The summed E-state index contributed by atoms with van der Waals surface area (Å²) in [5.41, 5.74) is 0.598. The standard InChI is InChI=1S/C12H17N3O/c1-15-10-2-3-11(15)5-8(4-10)12-13-6-9(7-16)14-12/h6-8,10-11H,2-5H2,1H3,(H,13,14). The molecule has 2 fully saturated rings. The van der Waals surface area contributed by atoms with Gasteiger partial charge < -0.3 is 9.88 Å². The third kappa shape index (κ3) is 1.48. The van der Waals surface area contributed by atoms with Crippen LogP contribution in [0.4, 0.5) is 0 Å². The Hall–Kier alpha value is -1.16. The lowest BCUT2D eigenvalue weighted by molar-refractivity contribution is 0.111. The van der Waals surface area contributed by atoms with Crippen LogP contribution in [0.2, 0.25) is 0 Å². The fraction of sp³-hybridized carbons (Fsp3) is 0.667. The summed E-state index contributed by atoms with van der Waals surface area (Å²) in [6, 6.07) is 1.43. The molecule has 16 heavy (non-hydrogen) atoms. The molecule has 2 saturated heterocycles. The molecule has 2 bridgehead atoms. The number of aldehydes is 1. The highest BCUT2D eigenvalue weighted by Gasteiger charge is 2.39. The maximum absolute atomic E-state index is 10.6. The van der Waals surface area contributed by atoms with Gasteiger partial charge in [0.1, 0.15) is 5.82 Å². The first kappa shape index (κ1) is 10.0. The van der Waals surface area contributed by atoms with Crippen molar-refractivity contribution in [2.24, 2.45) is 0 Å². The molecule has 0 aromatic carbocycles. The molecule has 0 spiro atoms. The SMILES string of the molecule is CN1C2CCC1CC(c1ncc(C=O)[nH]1)C2. The van der Waals surface area contributed by atoms with Crippen molar-refractivity contribution in [3.8, 4) is 0 Å². The van der Waals surface area contributed by atoms with Crippen molar-refractivity contribution in [2.75, 3.05) is 7.05 Å². The maximum atomic E-state index is 10.6. The summed E-state index contributed by atoms with van der Waals surface area (Å²) in [4.78, 5) is 20.6. The molecule has 3 rings (SSSR count). The Bertz CT molecular complexity index is 387. The van der Waals surface area contributed by atoms with Gasteiger partial charge in [0.25, 0.3) is 0 Å². The van der Waals surface area contributed by atoms with Crippen molar-refractivity contribution in [1.29, 1.82) is 0 Å². The van der Waals surface area contributed by atoms with Gasteiger partial charge in [-0.25, -0.2) is 4.98 Å². The Kier molecular flexibility index (Phi) is 2.32. The van der Waals surface area contributed by atoms with Crippen molar-refractivity contribution in [3.63, 3.8) is 0 Å². The zero-order valence-corrected chi connectivity index (χ0v) is 9.52. The first-order valence-electron chi connectivity index (χ1n) is 6.00. The summed E-state index contributed by atoms with van der Waals surface area (Å²) < 4.78 is 0. The lowest BCUT2D eigenvalue weighted by atomic mass is 9.90. The van der Waals surface area contributed by atoms with Crippen LogP contribution in [0.25, 0.3) is 0 Å². The predicted octanol–water partition coefficient (Wildman–Crippen LogP) is 1.56. The van der Waals surface area contributed by atoms with E-state index in [1.54, 1.807) is 6.20 Å². The van der Waals surface area contributed by atoms with Gasteiger partial charge in [-0.1, -0.05) is 0 Å². The van der Waals surface area contributed by atoms with Crippen molar-refractivity contribution in [2.45, 2.75) is 43.7 Å². The smallest absolute Gasteiger partial charge is 0.167 e. The fourth-order valence-electron chi connectivity index (χ4n) is 3.25. The lowest BCUT2D eigenvalue weighted by Gasteiger charge is -2.35. The Morgan fingerprint density at radius 2 is 2.12 bits per heavy atom. The van der Waals surface area contributed by atoms with E-state index in [-0.39, 0.29) is 0 Å². The van der Waals surface area contributed by atoms with Gasteiger partial charge >= 0.3 is 0 Å². The quantitative estimate of drug-likeness (QED) is 0.768. The van der Waals surface area contributed by atoms with Gasteiger partial charge in [-0.2, -0.15) is 0 Å². The number of aromatic amines is 1. The van der Waals surface area contributed by atoms with Crippen LogP contribution in [0.3, 0.4) is 0 Å². The van der Waals surface area contributed by atoms with Gasteiger partial charge in [0.05, 0.1) is 11.9 Å². The van der Waals surface area contributed by atoms with Crippen LogP contribution in [-0.4, -0.2) is 40.3 Å². The van der Waals surface area contributed by atoms with E-state index in [0.717, 1.165) is 12.1 Å². The molecule has 86 valence electrons. The third-order valence-electron chi connectivity index (χ3n) is 4.23. The zero-order valence-electron chi connectivity index (χ0n) is 9.52. The minimum atomic E-state index is 0.516. The van der Waals surface area contributed by atoms with Crippen LogP contribution < -0.4 is 0 Å². The lowest BCUT2D eigenvalue weighted by Crippen LogP contribution is -2.39. The number of rotatable bonds is 2. The Labute approximate surface area is 95.1 Å². The number of nitrogens with zero attached hydrogens (tertiary/aromatic N) is 2. The average molecular weight is 219 g/mol. The van der Waals surface area contributed by atoms with Gasteiger partial charge in [-0.3, -0.25) is 4.79 Å². The molecular weight excluding hydrogens is 202 g/mol. The highest BCUT2D eigenvalue weighted by molar-refractivity contribution is 5.71. The molecule has 4 nitrogen and oxygen atoms in total.